The maximum Gasteiger partial charge on any atom is 0.346 e. The van der Waals surface area contributed by atoms with Gasteiger partial charge in [-0.2, -0.15) is 4.98 Å². The number of hydrogen-bond acceptors (Lipinski definition) is 3. The fourth-order valence-corrected chi connectivity index (χ4v) is 2.09. The molecule has 17 heavy (non-hydrogen) atoms. The minimum atomic E-state index is -0.383. The van der Waals surface area contributed by atoms with E-state index in [4.69, 9.17) is 4.42 Å². The number of fused-ring (bicyclic) bond motifs is 1. The molecule has 0 aliphatic carbocycles. The Morgan fingerprint density at radius 2 is 2.18 bits per heavy atom. The quantitative estimate of drug-likeness (QED) is 0.750. The summed E-state index contributed by atoms with van der Waals surface area (Å²) in [6, 6.07) is 9.14. The normalized spacial score (nSPS) is 10.9. The molecule has 4 nitrogen and oxygen atoms in total. The van der Waals surface area contributed by atoms with Gasteiger partial charge in [0.2, 0.25) is 0 Å². The van der Waals surface area contributed by atoms with E-state index in [0.717, 1.165) is 15.4 Å². The number of rotatable bonds is 1. The number of H-pyrrole nitrogens is 1. The van der Waals surface area contributed by atoms with Gasteiger partial charge in [0.1, 0.15) is 5.69 Å². The minimum Gasteiger partial charge on any atom is -0.463 e. The van der Waals surface area contributed by atoms with Gasteiger partial charge in [0.15, 0.2) is 5.76 Å². The third kappa shape index (κ3) is 1.78. The Balaban J connectivity index is 2.44. The first-order chi connectivity index (χ1) is 8.24. The van der Waals surface area contributed by atoms with Gasteiger partial charge in [-0.1, -0.05) is 15.9 Å². The lowest BCUT2D eigenvalue weighted by molar-refractivity contribution is 0.580. The molecule has 0 saturated heterocycles. The Bertz CT molecular complexity index is 732. The number of hydrogen-bond donors (Lipinski definition) is 1. The van der Waals surface area contributed by atoms with E-state index < -0.39 is 0 Å². The molecule has 0 aliphatic heterocycles. The van der Waals surface area contributed by atoms with Gasteiger partial charge in [0.05, 0.1) is 11.8 Å². The highest BCUT2D eigenvalue weighted by Crippen LogP contribution is 2.26. The highest BCUT2D eigenvalue weighted by molar-refractivity contribution is 9.10. The third-order valence-corrected chi connectivity index (χ3v) is 2.94. The molecule has 84 valence electrons. The van der Waals surface area contributed by atoms with Crippen LogP contribution in [-0.2, 0) is 0 Å². The Hall–Kier alpha value is -1.88. The van der Waals surface area contributed by atoms with Crippen LogP contribution in [-0.4, -0.2) is 9.97 Å². The first-order valence-corrected chi connectivity index (χ1v) is 5.77. The van der Waals surface area contributed by atoms with E-state index in [-0.39, 0.29) is 5.69 Å². The SMILES string of the molecule is O=c1nc(-c2ccco2)c2cc(Br)ccc2[nH]1. The van der Waals surface area contributed by atoms with Crippen LogP contribution in [0.3, 0.4) is 0 Å². The summed E-state index contributed by atoms with van der Waals surface area (Å²) in [5.74, 6) is 0.583. The summed E-state index contributed by atoms with van der Waals surface area (Å²) in [7, 11) is 0. The van der Waals surface area contributed by atoms with E-state index in [9.17, 15) is 4.79 Å². The van der Waals surface area contributed by atoms with E-state index in [1.807, 2.05) is 18.2 Å². The lowest BCUT2D eigenvalue weighted by Gasteiger charge is -2.02. The highest BCUT2D eigenvalue weighted by Gasteiger charge is 2.10. The monoisotopic (exact) mass is 290 g/mol. The zero-order valence-corrected chi connectivity index (χ0v) is 10.2. The number of benzene rings is 1. The van der Waals surface area contributed by atoms with Crippen LogP contribution in [0.5, 0.6) is 0 Å². The molecule has 0 saturated carbocycles. The van der Waals surface area contributed by atoms with Crippen LogP contribution in [0.4, 0.5) is 0 Å². The summed E-state index contributed by atoms with van der Waals surface area (Å²) in [6.07, 6.45) is 1.56. The van der Waals surface area contributed by atoms with Crippen molar-refractivity contribution in [2.75, 3.05) is 0 Å². The fraction of sp³-hybridized carbons (Fsp3) is 0. The number of aromatic nitrogens is 2. The number of halogens is 1. The number of aromatic amines is 1. The summed E-state index contributed by atoms with van der Waals surface area (Å²) in [5.41, 5.74) is 0.904. The van der Waals surface area contributed by atoms with Crippen LogP contribution in [0, 0.1) is 0 Å². The second kappa shape index (κ2) is 3.85. The smallest absolute Gasteiger partial charge is 0.346 e. The molecule has 0 unspecified atom stereocenters. The zero-order valence-electron chi connectivity index (χ0n) is 8.61. The summed E-state index contributed by atoms with van der Waals surface area (Å²) >= 11 is 3.40. The molecule has 0 atom stereocenters. The summed E-state index contributed by atoms with van der Waals surface area (Å²) < 4.78 is 6.21. The van der Waals surface area contributed by atoms with Gasteiger partial charge >= 0.3 is 5.69 Å². The largest absolute Gasteiger partial charge is 0.463 e. The lowest BCUT2D eigenvalue weighted by Crippen LogP contribution is -2.11. The molecular formula is C12H7BrN2O2. The summed E-state index contributed by atoms with van der Waals surface area (Å²) in [6.45, 7) is 0. The van der Waals surface area contributed by atoms with Crippen molar-refractivity contribution in [2.24, 2.45) is 0 Å². The van der Waals surface area contributed by atoms with Crippen molar-refractivity contribution in [3.8, 4) is 11.5 Å². The van der Waals surface area contributed by atoms with Crippen molar-refractivity contribution in [2.45, 2.75) is 0 Å². The predicted molar refractivity (Wildman–Crippen MR) is 67.8 cm³/mol. The molecule has 0 amide bonds. The van der Waals surface area contributed by atoms with Crippen LogP contribution in [0.25, 0.3) is 22.4 Å². The molecule has 3 rings (SSSR count). The van der Waals surface area contributed by atoms with Crippen LogP contribution in [0.1, 0.15) is 0 Å². The summed E-state index contributed by atoms with van der Waals surface area (Å²) in [4.78, 5) is 18.1. The molecule has 5 heteroatoms. The van der Waals surface area contributed by atoms with Gasteiger partial charge in [-0.3, -0.25) is 0 Å². The molecule has 2 heterocycles. The van der Waals surface area contributed by atoms with Crippen LogP contribution >= 0.6 is 15.9 Å². The Kier molecular flexibility index (Phi) is 2.33. The first kappa shape index (κ1) is 10.3. The molecule has 1 aromatic carbocycles. The highest BCUT2D eigenvalue weighted by atomic mass is 79.9. The fourth-order valence-electron chi connectivity index (χ4n) is 1.73. The second-order valence-electron chi connectivity index (χ2n) is 3.56. The molecule has 0 spiro atoms. The maximum atomic E-state index is 11.5. The number of furan rings is 1. The van der Waals surface area contributed by atoms with E-state index >= 15 is 0 Å². The summed E-state index contributed by atoms with van der Waals surface area (Å²) in [5, 5.41) is 0.842. The lowest BCUT2D eigenvalue weighted by atomic mass is 10.1. The van der Waals surface area contributed by atoms with Gasteiger partial charge in [0, 0.05) is 9.86 Å². The van der Waals surface area contributed by atoms with E-state index in [0.29, 0.717) is 11.5 Å². The molecule has 1 N–H and O–H groups in total. The van der Waals surface area contributed by atoms with Crippen LogP contribution in [0.2, 0.25) is 0 Å². The topological polar surface area (TPSA) is 58.9 Å². The molecular weight excluding hydrogens is 284 g/mol. The maximum absolute atomic E-state index is 11.5. The van der Waals surface area contributed by atoms with Crippen molar-refractivity contribution in [1.29, 1.82) is 0 Å². The van der Waals surface area contributed by atoms with Gasteiger partial charge in [-0.05, 0) is 30.3 Å². The average Bonchev–Trinajstić information content (AvgIpc) is 2.82. The Morgan fingerprint density at radius 1 is 1.29 bits per heavy atom. The molecule has 3 aromatic rings. The molecule has 0 fully saturated rings. The van der Waals surface area contributed by atoms with Gasteiger partial charge in [0.25, 0.3) is 0 Å². The van der Waals surface area contributed by atoms with E-state index in [1.54, 1.807) is 18.4 Å². The molecule has 0 aliphatic rings. The zero-order chi connectivity index (χ0) is 11.8. The van der Waals surface area contributed by atoms with Crippen molar-refractivity contribution in [3.05, 3.63) is 51.6 Å². The van der Waals surface area contributed by atoms with Gasteiger partial charge in [-0.25, -0.2) is 4.79 Å². The van der Waals surface area contributed by atoms with Crippen LogP contribution < -0.4 is 5.69 Å². The van der Waals surface area contributed by atoms with E-state index in [2.05, 4.69) is 25.9 Å². The molecule has 2 aromatic heterocycles. The third-order valence-electron chi connectivity index (χ3n) is 2.45. The first-order valence-electron chi connectivity index (χ1n) is 4.97. The van der Waals surface area contributed by atoms with Crippen LogP contribution in [0.15, 0.2) is 50.3 Å². The predicted octanol–water partition coefficient (Wildman–Crippen LogP) is 2.95. The molecule has 0 bridgehead atoms. The number of nitrogens with one attached hydrogen (secondary N) is 1. The van der Waals surface area contributed by atoms with Crippen molar-refractivity contribution >= 4 is 26.8 Å². The minimum absolute atomic E-state index is 0.383. The standard InChI is InChI=1S/C12H7BrN2O2/c13-7-3-4-9-8(6-7)11(15-12(16)14-9)10-2-1-5-17-10/h1-6H,(H,14,15,16). The van der Waals surface area contributed by atoms with Crippen molar-refractivity contribution < 1.29 is 4.42 Å². The van der Waals surface area contributed by atoms with Crippen molar-refractivity contribution in [3.63, 3.8) is 0 Å². The number of nitrogens with zero attached hydrogens (tertiary/aromatic N) is 1. The van der Waals surface area contributed by atoms with E-state index in [1.165, 1.54) is 0 Å². The average molecular weight is 291 g/mol. The van der Waals surface area contributed by atoms with Crippen molar-refractivity contribution in [1.82, 2.24) is 9.97 Å². The second-order valence-corrected chi connectivity index (χ2v) is 4.47. The van der Waals surface area contributed by atoms with Gasteiger partial charge in [-0.15, -0.1) is 0 Å². The molecule has 0 radical (unpaired) electrons. The Morgan fingerprint density at radius 3 is 2.94 bits per heavy atom. The Labute approximate surface area is 104 Å². The van der Waals surface area contributed by atoms with Gasteiger partial charge < -0.3 is 9.40 Å².